The van der Waals surface area contributed by atoms with Gasteiger partial charge in [-0.05, 0) is 49.2 Å². The largest absolute Gasteiger partial charge is 0.491 e. The lowest BCUT2D eigenvalue weighted by Gasteiger charge is -2.63. The number of nitrogens with zero attached hydrogens (tertiary/aromatic N) is 6. The number of fused-ring (bicyclic) bond motifs is 1. The summed E-state index contributed by atoms with van der Waals surface area (Å²) in [6.07, 6.45) is 7.75. The molecule has 8 rings (SSSR count). The van der Waals surface area contributed by atoms with Crippen molar-refractivity contribution in [1.29, 1.82) is 5.26 Å². The number of ether oxygens (including phenoxy) is 4. The van der Waals surface area contributed by atoms with E-state index < -0.39 is 15.8 Å². The standard InChI is InChI=1S/C47H47ClN8O8/c1-46(2)43(47(3,4)44(46)64-34-11-9-28(24-49)38(48)23-34)53-41(57)29-25-51-45(52-26-29)55-17-14-31(15-18-55)61-19-20-62-32-7-6-8-33(22-32)63-39-12-10-30(56(59)60)21-36(39)37-27-54(5)42(58)40-35(37)13-16-50-40/h6-13,16,21-23,25-27,31,43-44,50H,14-15,17-20H2,1-5H3,(H,53,57). The molecule has 0 radical (unpaired) electrons. The Bertz CT molecular complexity index is 2810. The maximum Gasteiger partial charge on any atom is 0.274 e. The number of nitro groups is 1. The highest BCUT2D eigenvalue weighted by atomic mass is 35.5. The molecule has 2 aliphatic rings. The number of aromatic amines is 1. The lowest BCUT2D eigenvalue weighted by atomic mass is 9.49. The molecule has 1 aliphatic carbocycles. The number of anilines is 1. The van der Waals surface area contributed by atoms with Crippen molar-refractivity contribution in [2.24, 2.45) is 17.9 Å². The molecule has 2 fully saturated rings. The van der Waals surface area contributed by atoms with Crippen LogP contribution in [0.4, 0.5) is 11.6 Å². The van der Waals surface area contributed by atoms with Crippen molar-refractivity contribution in [3.05, 3.63) is 128 Å². The van der Waals surface area contributed by atoms with Crippen LogP contribution >= 0.6 is 11.6 Å². The van der Waals surface area contributed by atoms with Gasteiger partial charge in [-0.2, -0.15) is 5.26 Å². The van der Waals surface area contributed by atoms with Gasteiger partial charge in [0, 0.05) is 103 Å². The maximum atomic E-state index is 13.4. The molecule has 4 heterocycles. The summed E-state index contributed by atoms with van der Waals surface area (Å²) < 4.78 is 26.2. The van der Waals surface area contributed by atoms with Crippen molar-refractivity contribution < 1.29 is 28.7 Å². The number of nitro benzene ring substituents is 1. The van der Waals surface area contributed by atoms with Crippen LogP contribution in [0.5, 0.6) is 23.0 Å². The molecule has 330 valence electrons. The first kappa shape index (κ1) is 43.7. The Hall–Kier alpha value is -6.96. The van der Waals surface area contributed by atoms with Gasteiger partial charge in [-0.3, -0.25) is 19.7 Å². The zero-order valence-corrected chi connectivity index (χ0v) is 36.7. The van der Waals surface area contributed by atoms with E-state index in [2.05, 4.69) is 58.9 Å². The third kappa shape index (κ3) is 8.69. The lowest BCUT2D eigenvalue weighted by Crippen LogP contribution is -2.74. The van der Waals surface area contributed by atoms with E-state index in [0.717, 1.165) is 12.8 Å². The molecule has 17 heteroatoms. The maximum absolute atomic E-state index is 13.4. The van der Waals surface area contributed by atoms with Crippen LogP contribution in [0.15, 0.2) is 96.3 Å². The van der Waals surface area contributed by atoms with E-state index in [1.54, 1.807) is 80.4 Å². The molecular weight excluding hydrogens is 840 g/mol. The molecule has 6 aromatic rings. The van der Waals surface area contributed by atoms with Crippen molar-refractivity contribution in [3.63, 3.8) is 0 Å². The number of aryl methyl sites for hydroxylation is 1. The summed E-state index contributed by atoms with van der Waals surface area (Å²) in [4.78, 5) is 51.5. The fourth-order valence-electron chi connectivity index (χ4n) is 9.18. The predicted octanol–water partition coefficient (Wildman–Crippen LogP) is 8.23. The van der Waals surface area contributed by atoms with Gasteiger partial charge in [-0.25, -0.2) is 9.97 Å². The molecule has 1 saturated heterocycles. The van der Waals surface area contributed by atoms with Crippen molar-refractivity contribution >= 4 is 40.0 Å². The summed E-state index contributed by atoms with van der Waals surface area (Å²) in [6, 6.07) is 20.1. The molecule has 0 bridgehead atoms. The summed E-state index contributed by atoms with van der Waals surface area (Å²) in [5, 5.41) is 25.1. The summed E-state index contributed by atoms with van der Waals surface area (Å²) in [6.45, 7) is 10.3. The number of non-ortho nitro benzene ring substituents is 1. The molecule has 0 spiro atoms. The number of hydrogen-bond donors (Lipinski definition) is 2. The average molecular weight is 887 g/mol. The highest BCUT2D eigenvalue weighted by molar-refractivity contribution is 6.31. The number of hydrogen-bond acceptors (Lipinski definition) is 12. The van der Waals surface area contributed by atoms with E-state index in [1.807, 2.05) is 6.07 Å². The number of piperidine rings is 1. The van der Waals surface area contributed by atoms with Gasteiger partial charge in [0.25, 0.3) is 17.2 Å². The Morgan fingerprint density at radius 3 is 2.42 bits per heavy atom. The first-order valence-electron chi connectivity index (χ1n) is 20.9. The Labute approximate surface area is 373 Å². The van der Waals surface area contributed by atoms with E-state index in [9.17, 15) is 25.0 Å². The van der Waals surface area contributed by atoms with Crippen LogP contribution in [0, 0.1) is 32.3 Å². The minimum atomic E-state index is -0.469. The molecule has 0 atom stereocenters. The van der Waals surface area contributed by atoms with E-state index in [0.29, 0.717) is 93.4 Å². The van der Waals surface area contributed by atoms with Gasteiger partial charge in [-0.1, -0.05) is 45.4 Å². The summed E-state index contributed by atoms with van der Waals surface area (Å²) >= 11 is 6.24. The van der Waals surface area contributed by atoms with E-state index in [-0.39, 0.29) is 35.4 Å². The summed E-state index contributed by atoms with van der Waals surface area (Å²) in [5.74, 6) is 2.25. The number of nitriles is 1. The normalized spacial score (nSPS) is 17.9. The van der Waals surface area contributed by atoms with Gasteiger partial charge in [0.1, 0.15) is 47.3 Å². The molecule has 1 amide bonds. The van der Waals surface area contributed by atoms with Crippen molar-refractivity contribution in [3.8, 4) is 40.2 Å². The van der Waals surface area contributed by atoms with Crippen LogP contribution < -0.4 is 30.0 Å². The predicted molar refractivity (Wildman–Crippen MR) is 240 cm³/mol. The Morgan fingerprint density at radius 1 is 0.984 bits per heavy atom. The number of pyridine rings is 1. The molecule has 64 heavy (non-hydrogen) atoms. The number of amides is 1. The molecule has 16 nitrogen and oxygen atoms in total. The van der Waals surface area contributed by atoms with Crippen LogP contribution in [0.3, 0.4) is 0 Å². The monoisotopic (exact) mass is 886 g/mol. The first-order valence-corrected chi connectivity index (χ1v) is 21.2. The van der Waals surface area contributed by atoms with Crippen LogP contribution in [0.1, 0.15) is 56.5 Å². The summed E-state index contributed by atoms with van der Waals surface area (Å²) in [5.41, 5.74) is 1.05. The topological polar surface area (TPSA) is 200 Å². The fraction of sp³-hybridized carbons (Fsp3) is 0.340. The van der Waals surface area contributed by atoms with Gasteiger partial charge in [0.15, 0.2) is 0 Å². The van der Waals surface area contributed by atoms with E-state index in [1.165, 1.54) is 16.7 Å². The third-order valence-corrected chi connectivity index (χ3v) is 12.5. The van der Waals surface area contributed by atoms with Crippen LogP contribution in [0.2, 0.25) is 5.02 Å². The molecule has 3 aromatic heterocycles. The van der Waals surface area contributed by atoms with Crippen LogP contribution in [0.25, 0.3) is 22.0 Å². The number of rotatable bonds is 14. The lowest BCUT2D eigenvalue weighted by molar-refractivity contribution is -0.384. The SMILES string of the molecule is Cn1cc(-c2cc([N+](=O)[O-])ccc2Oc2cccc(OCCOC3CCN(c4ncc(C(=O)NC5C(C)(C)C(Oc6ccc(C#N)c(Cl)c6)C5(C)C)cn4)CC3)c2)c2cc[nH]c2c1=O. The van der Waals surface area contributed by atoms with E-state index >= 15 is 0 Å². The van der Waals surface area contributed by atoms with Crippen LogP contribution in [-0.2, 0) is 11.8 Å². The zero-order chi connectivity index (χ0) is 45.3. The first-order chi connectivity index (χ1) is 30.6. The van der Waals surface area contributed by atoms with E-state index in [4.69, 9.17) is 30.5 Å². The molecule has 0 unspecified atom stereocenters. The number of carbonyl (C=O) groups is 1. The van der Waals surface area contributed by atoms with Gasteiger partial charge >= 0.3 is 0 Å². The number of halogens is 1. The number of aromatic nitrogens is 4. The Kier molecular flexibility index (Phi) is 12.1. The zero-order valence-electron chi connectivity index (χ0n) is 36.0. The Morgan fingerprint density at radius 2 is 1.72 bits per heavy atom. The van der Waals surface area contributed by atoms with Gasteiger partial charge in [0.05, 0.1) is 33.8 Å². The fourth-order valence-corrected chi connectivity index (χ4v) is 9.39. The van der Waals surface area contributed by atoms with Crippen LogP contribution in [-0.4, -0.2) is 74.9 Å². The molecule has 1 aliphatic heterocycles. The molecule has 1 saturated carbocycles. The number of H-pyrrole nitrogens is 1. The minimum absolute atomic E-state index is 0.0278. The third-order valence-electron chi connectivity index (χ3n) is 12.2. The van der Waals surface area contributed by atoms with Gasteiger partial charge in [0.2, 0.25) is 5.95 Å². The molecular formula is C47H47ClN8O8. The second-order valence-corrected chi connectivity index (χ2v) is 17.6. The van der Waals surface area contributed by atoms with Gasteiger partial charge in [-0.15, -0.1) is 0 Å². The minimum Gasteiger partial charge on any atom is -0.491 e. The quantitative estimate of drug-likeness (QED) is 0.0604. The van der Waals surface area contributed by atoms with Crippen molar-refractivity contribution in [2.75, 3.05) is 31.2 Å². The number of benzene rings is 3. The Balaban J connectivity index is 0.804. The molecule has 3 aromatic carbocycles. The van der Waals surface area contributed by atoms with Gasteiger partial charge < -0.3 is 38.7 Å². The second-order valence-electron chi connectivity index (χ2n) is 17.2. The highest BCUT2D eigenvalue weighted by Crippen LogP contribution is 2.55. The highest BCUT2D eigenvalue weighted by Gasteiger charge is 2.64. The number of nitrogens with one attached hydrogen (secondary N) is 2. The number of carbonyl (C=O) groups excluding carboxylic acids is 1. The smallest absolute Gasteiger partial charge is 0.274 e. The molecule has 2 N–H and O–H groups in total. The summed E-state index contributed by atoms with van der Waals surface area (Å²) in [7, 11) is 1.63. The second kappa shape index (κ2) is 17.7. The van der Waals surface area contributed by atoms with Crippen molar-refractivity contribution in [2.45, 2.75) is 58.8 Å². The average Bonchev–Trinajstić information content (AvgIpc) is 3.78. The van der Waals surface area contributed by atoms with Crippen molar-refractivity contribution in [1.82, 2.24) is 24.8 Å².